The molecule has 1 aromatic heterocycles. The van der Waals surface area contributed by atoms with Gasteiger partial charge in [-0.05, 0) is 13.0 Å². The van der Waals surface area contributed by atoms with E-state index in [9.17, 15) is 0 Å². The average molecular weight is 298 g/mol. The summed E-state index contributed by atoms with van der Waals surface area (Å²) in [6, 6.07) is 1.71. The van der Waals surface area contributed by atoms with Crippen LogP contribution in [0, 0.1) is 0 Å². The first-order valence-corrected chi connectivity index (χ1v) is 6.18. The molecule has 0 unspecified atom stereocenters. The maximum Gasteiger partial charge on any atom is 0.147 e. The van der Waals surface area contributed by atoms with Gasteiger partial charge >= 0.3 is 0 Å². The number of nitrogens with zero attached hydrogens (tertiary/aromatic N) is 2. The highest BCUT2D eigenvalue weighted by atomic mass is 79.9. The van der Waals surface area contributed by atoms with Crippen molar-refractivity contribution in [2.45, 2.75) is 6.92 Å². The van der Waals surface area contributed by atoms with Crippen molar-refractivity contribution in [2.24, 2.45) is 0 Å². The fourth-order valence-electron chi connectivity index (χ4n) is 1.16. The Morgan fingerprint density at radius 1 is 1.50 bits per heavy atom. The van der Waals surface area contributed by atoms with Gasteiger partial charge in [-0.2, -0.15) is 0 Å². The van der Waals surface area contributed by atoms with E-state index in [-0.39, 0.29) is 0 Å². The summed E-state index contributed by atoms with van der Waals surface area (Å²) in [5, 5.41) is 2.05. The highest BCUT2D eigenvalue weighted by molar-refractivity contribution is 9.09. The average Bonchev–Trinajstić information content (AvgIpc) is 2.15. The smallest absolute Gasteiger partial charge is 0.147 e. The molecule has 0 aliphatic heterocycles. The summed E-state index contributed by atoms with van der Waals surface area (Å²) in [7, 11) is 0. The van der Waals surface area contributed by atoms with Crippen LogP contribution in [0.3, 0.4) is 0 Å². The van der Waals surface area contributed by atoms with Crippen LogP contribution >= 0.6 is 39.1 Å². The molecule has 1 heterocycles. The second-order valence-electron chi connectivity index (χ2n) is 2.73. The van der Waals surface area contributed by atoms with Gasteiger partial charge in [-0.15, -0.1) is 0 Å². The Labute approximate surface area is 102 Å². The molecule has 0 fully saturated rings. The molecule has 0 N–H and O–H groups in total. The van der Waals surface area contributed by atoms with Crippen molar-refractivity contribution in [1.29, 1.82) is 0 Å². The lowest BCUT2D eigenvalue weighted by Crippen LogP contribution is -2.26. The van der Waals surface area contributed by atoms with Crippen LogP contribution in [0.5, 0.6) is 0 Å². The fourth-order valence-corrected chi connectivity index (χ4v) is 2.08. The van der Waals surface area contributed by atoms with Crippen LogP contribution in [-0.2, 0) is 0 Å². The molecule has 0 atom stereocenters. The Morgan fingerprint density at radius 3 is 2.71 bits per heavy atom. The Balaban J connectivity index is 2.92. The van der Waals surface area contributed by atoms with E-state index in [1.54, 1.807) is 12.3 Å². The lowest BCUT2D eigenvalue weighted by Gasteiger charge is -2.21. The molecule has 0 amide bonds. The monoisotopic (exact) mass is 296 g/mol. The van der Waals surface area contributed by atoms with Crippen molar-refractivity contribution in [3.63, 3.8) is 0 Å². The number of pyridine rings is 1. The Hall–Kier alpha value is 0.01000. The third-order valence-corrected chi connectivity index (χ3v) is 2.66. The van der Waals surface area contributed by atoms with Gasteiger partial charge < -0.3 is 4.90 Å². The molecule has 1 aromatic rings. The minimum absolute atomic E-state index is 0.564. The molecular formula is C9H11BrCl2N2. The van der Waals surface area contributed by atoms with Gasteiger partial charge in [0, 0.05) is 24.6 Å². The summed E-state index contributed by atoms with van der Waals surface area (Å²) in [5.41, 5.74) is 0. The quantitative estimate of drug-likeness (QED) is 0.789. The number of halogens is 3. The molecule has 0 saturated carbocycles. The van der Waals surface area contributed by atoms with E-state index in [1.807, 2.05) is 0 Å². The SMILES string of the molecule is CCN(CCBr)c1ncc(Cl)cc1Cl. The number of aromatic nitrogens is 1. The van der Waals surface area contributed by atoms with Crippen molar-refractivity contribution >= 4 is 44.9 Å². The number of alkyl halides is 1. The second-order valence-corrected chi connectivity index (χ2v) is 4.36. The normalized spacial score (nSPS) is 10.3. The third-order valence-electron chi connectivity index (χ3n) is 1.82. The lowest BCUT2D eigenvalue weighted by molar-refractivity contribution is 0.855. The Bertz CT molecular complexity index is 307. The summed E-state index contributed by atoms with van der Waals surface area (Å²) in [6.07, 6.45) is 1.61. The van der Waals surface area contributed by atoms with E-state index in [0.29, 0.717) is 10.0 Å². The molecule has 2 nitrogen and oxygen atoms in total. The number of rotatable bonds is 4. The zero-order valence-electron chi connectivity index (χ0n) is 7.80. The molecule has 0 saturated heterocycles. The second kappa shape index (κ2) is 5.79. The summed E-state index contributed by atoms with van der Waals surface area (Å²) in [4.78, 5) is 6.30. The molecule has 14 heavy (non-hydrogen) atoms. The van der Waals surface area contributed by atoms with Crippen molar-refractivity contribution in [1.82, 2.24) is 4.98 Å². The van der Waals surface area contributed by atoms with E-state index in [2.05, 4.69) is 32.7 Å². The standard InChI is InChI=1S/C9H11BrCl2N2/c1-2-14(4-3-10)9-8(12)5-7(11)6-13-9/h5-6H,2-4H2,1H3. The molecule has 5 heteroatoms. The van der Waals surface area contributed by atoms with Gasteiger partial charge in [-0.3, -0.25) is 0 Å². The van der Waals surface area contributed by atoms with Crippen molar-refractivity contribution in [2.75, 3.05) is 23.3 Å². The third kappa shape index (κ3) is 3.01. The van der Waals surface area contributed by atoms with E-state index < -0.39 is 0 Å². The van der Waals surface area contributed by atoms with Gasteiger partial charge in [0.15, 0.2) is 0 Å². The maximum absolute atomic E-state index is 6.03. The maximum atomic E-state index is 6.03. The Kier molecular flexibility index (Phi) is 4.99. The van der Waals surface area contributed by atoms with Gasteiger partial charge in [0.2, 0.25) is 0 Å². The minimum Gasteiger partial charge on any atom is -0.355 e. The predicted octanol–water partition coefficient (Wildman–Crippen LogP) is 3.61. The molecule has 0 spiro atoms. The van der Waals surface area contributed by atoms with Gasteiger partial charge in [0.25, 0.3) is 0 Å². The van der Waals surface area contributed by atoms with Gasteiger partial charge in [0.1, 0.15) is 5.82 Å². The number of hydrogen-bond acceptors (Lipinski definition) is 2. The first kappa shape index (κ1) is 12.1. The van der Waals surface area contributed by atoms with Gasteiger partial charge in [-0.25, -0.2) is 4.98 Å². The number of anilines is 1. The van der Waals surface area contributed by atoms with Crippen LogP contribution in [0.1, 0.15) is 6.92 Å². The predicted molar refractivity (Wildman–Crippen MR) is 65.9 cm³/mol. The van der Waals surface area contributed by atoms with Crippen LogP contribution in [-0.4, -0.2) is 23.4 Å². The van der Waals surface area contributed by atoms with Gasteiger partial charge in [0.05, 0.1) is 10.0 Å². The largest absolute Gasteiger partial charge is 0.355 e. The first-order valence-electron chi connectivity index (χ1n) is 4.31. The summed E-state index contributed by atoms with van der Waals surface area (Å²) < 4.78 is 0. The van der Waals surface area contributed by atoms with E-state index >= 15 is 0 Å². The molecule has 0 radical (unpaired) electrons. The molecule has 0 aliphatic rings. The van der Waals surface area contributed by atoms with Crippen molar-refractivity contribution in [3.05, 3.63) is 22.3 Å². The van der Waals surface area contributed by atoms with E-state index in [4.69, 9.17) is 23.2 Å². The molecule has 0 aliphatic carbocycles. The fraction of sp³-hybridized carbons (Fsp3) is 0.444. The van der Waals surface area contributed by atoms with E-state index in [1.165, 1.54) is 0 Å². The van der Waals surface area contributed by atoms with Crippen molar-refractivity contribution < 1.29 is 0 Å². The molecule has 0 bridgehead atoms. The molecular weight excluding hydrogens is 287 g/mol. The van der Waals surface area contributed by atoms with Crippen LogP contribution in [0.4, 0.5) is 5.82 Å². The topological polar surface area (TPSA) is 16.1 Å². The van der Waals surface area contributed by atoms with E-state index in [0.717, 1.165) is 24.2 Å². The summed E-state index contributed by atoms with van der Waals surface area (Å²) in [5.74, 6) is 0.790. The zero-order valence-corrected chi connectivity index (χ0v) is 10.9. The highest BCUT2D eigenvalue weighted by Crippen LogP contribution is 2.25. The van der Waals surface area contributed by atoms with Crippen LogP contribution < -0.4 is 4.90 Å². The molecule has 1 rings (SSSR count). The molecule has 78 valence electrons. The van der Waals surface area contributed by atoms with Crippen LogP contribution in [0.15, 0.2) is 12.3 Å². The first-order chi connectivity index (χ1) is 6.69. The lowest BCUT2D eigenvalue weighted by atomic mass is 10.4. The molecule has 0 aromatic carbocycles. The zero-order chi connectivity index (χ0) is 10.6. The summed E-state index contributed by atoms with van der Waals surface area (Å²) >= 11 is 15.2. The highest BCUT2D eigenvalue weighted by Gasteiger charge is 2.09. The van der Waals surface area contributed by atoms with Gasteiger partial charge in [-0.1, -0.05) is 39.1 Å². The minimum atomic E-state index is 0.564. The number of hydrogen-bond donors (Lipinski definition) is 0. The van der Waals surface area contributed by atoms with Crippen LogP contribution in [0.25, 0.3) is 0 Å². The van der Waals surface area contributed by atoms with Crippen molar-refractivity contribution in [3.8, 4) is 0 Å². The summed E-state index contributed by atoms with van der Waals surface area (Å²) in [6.45, 7) is 3.82. The Morgan fingerprint density at radius 2 is 2.21 bits per heavy atom. The van der Waals surface area contributed by atoms with Crippen LogP contribution in [0.2, 0.25) is 10.0 Å².